The van der Waals surface area contributed by atoms with Gasteiger partial charge >= 0.3 is 0 Å². The molecule has 5 heteroatoms. The molecule has 3 atom stereocenters. The number of aryl methyl sites for hydroxylation is 1. The fraction of sp³-hybridized carbons (Fsp3) is 0.368. The highest BCUT2D eigenvalue weighted by atomic mass is 32.1. The molecule has 24 heavy (non-hydrogen) atoms. The molecule has 3 rings (SSSR count). The van der Waals surface area contributed by atoms with Crippen LogP contribution < -0.4 is 10.6 Å². The smallest absolute Gasteiger partial charge is 0.242 e. The fourth-order valence-corrected chi connectivity index (χ4v) is 3.97. The van der Waals surface area contributed by atoms with Crippen LogP contribution in [0.2, 0.25) is 0 Å². The van der Waals surface area contributed by atoms with Gasteiger partial charge in [-0.1, -0.05) is 30.3 Å². The van der Waals surface area contributed by atoms with Gasteiger partial charge in [-0.05, 0) is 42.8 Å². The molecule has 2 amide bonds. The molecule has 1 aliphatic rings. The van der Waals surface area contributed by atoms with Gasteiger partial charge in [-0.25, -0.2) is 0 Å². The minimum atomic E-state index is -0.521. The van der Waals surface area contributed by atoms with E-state index in [0.717, 1.165) is 12.0 Å². The molecule has 1 aliphatic carbocycles. The van der Waals surface area contributed by atoms with Crippen LogP contribution in [0, 0.1) is 12.8 Å². The van der Waals surface area contributed by atoms with Crippen molar-refractivity contribution in [1.29, 1.82) is 0 Å². The van der Waals surface area contributed by atoms with Gasteiger partial charge in [0.2, 0.25) is 11.8 Å². The highest BCUT2D eigenvalue weighted by molar-refractivity contribution is 7.10. The Bertz CT molecular complexity index is 726. The zero-order valence-electron chi connectivity index (χ0n) is 13.9. The van der Waals surface area contributed by atoms with Gasteiger partial charge in [-0.3, -0.25) is 9.59 Å². The number of thiophene rings is 1. The molecule has 0 radical (unpaired) electrons. The van der Waals surface area contributed by atoms with Crippen LogP contribution in [-0.4, -0.2) is 17.9 Å². The molecule has 2 aromatic rings. The van der Waals surface area contributed by atoms with Gasteiger partial charge in [0.05, 0.1) is 0 Å². The lowest BCUT2D eigenvalue weighted by atomic mass is 10.2. The minimum absolute atomic E-state index is 0.00623. The Kier molecular flexibility index (Phi) is 5.00. The Hall–Kier alpha value is -2.14. The first kappa shape index (κ1) is 16.7. The van der Waals surface area contributed by atoms with Crippen molar-refractivity contribution in [1.82, 2.24) is 10.6 Å². The molecule has 126 valence electrons. The van der Waals surface area contributed by atoms with E-state index in [1.165, 1.54) is 10.4 Å². The summed E-state index contributed by atoms with van der Waals surface area (Å²) in [5.74, 6) is 0.156. The van der Waals surface area contributed by atoms with Crippen molar-refractivity contribution in [2.24, 2.45) is 5.92 Å². The third-order valence-corrected chi connectivity index (χ3v) is 5.58. The Morgan fingerprint density at radius 1 is 1.25 bits per heavy atom. The van der Waals surface area contributed by atoms with Gasteiger partial charge in [0.1, 0.15) is 6.04 Å². The number of nitrogens with one attached hydrogen (secondary N) is 2. The largest absolute Gasteiger partial charge is 0.350 e. The average Bonchev–Trinajstić information content (AvgIpc) is 3.27. The van der Waals surface area contributed by atoms with Crippen LogP contribution in [-0.2, 0) is 16.1 Å². The van der Waals surface area contributed by atoms with Crippen molar-refractivity contribution >= 4 is 23.2 Å². The summed E-state index contributed by atoms with van der Waals surface area (Å²) in [6.45, 7) is 4.28. The van der Waals surface area contributed by atoms with E-state index in [-0.39, 0.29) is 17.7 Å². The highest BCUT2D eigenvalue weighted by Crippen LogP contribution is 2.50. The van der Waals surface area contributed by atoms with Crippen LogP contribution in [0.3, 0.4) is 0 Å². The minimum Gasteiger partial charge on any atom is -0.350 e. The predicted octanol–water partition coefficient (Wildman–Crippen LogP) is 2.98. The summed E-state index contributed by atoms with van der Waals surface area (Å²) < 4.78 is 0. The first-order valence-electron chi connectivity index (χ1n) is 8.22. The second-order valence-corrected chi connectivity index (χ2v) is 7.30. The van der Waals surface area contributed by atoms with Crippen molar-refractivity contribution < 1.29 is 9.59 Å². The van der Waals surface area contributed by atoms with E-state index in [2.05, 4.69) is 29.0 Å². The molecule has 0 saturated heterocycles. The first-order valence-corrected chi connectivity index (χ1v) is 9.10. The Balaban J connectivity index is 1.46. The molecule has 3 unspecified atom stereocenters. The Morgan fingerprint density at radius 3 is 2.67 bits per heavy atom. The number of carbonyl (C=O) groups is 2. The van der Waals surface area contributed by atoms with Gasteiger partial charge in [0.15, 0.2) is 0 Å². The molecule has 1 heterocycles. The number of benzene rings is 1. The maximum absolute atomic E-state index is 12.3. The lowest BCUT2D eigenvalue weighted by Gasteiger charge is -2.14. The van der Waals surface area contributed by atoms with Crippen molar-refractivity contribution in [2.75, 3.05) is 0 Å². The second kappa shape index (κ2) is 7.18. The van der Waals surface area contributed by atoms with Crippen molar-refractivity contribution in [3.63, 3.8) is 0 Å². The summed E-state index contributed by atoms with van der Waals surface area (Å²) in [6, 6.07) is 11.3. The van der Waals surface area contributed by atoms with E-state index in [0.29, 0.717) is 12.5 Å². The van der Waals surface area contributed by atoms with Crippen molar-refractivity contribution in [3.05, 3.63) is 57.8 Å². The quantitative estimate of drug-likeness (QED) is 0.848. The van der Waals surface area contributed by atoms with Crippen LogP contribution in [0.5, 0.6) is 0 Å². The second-order valence-electron chi connectivity index (χ2n) is 6.35. The van der Waals surface area contributed by atoms with E-state index >= 15 is 0 Å². The number of carbonyl (C=O) groups excluding carboxylic acids is 2. The van der Waals surface area contributed by atoms with Gasteiger partial charge in [0, 0.05) is 23.3 Å². The molecule has 1 fully saturated rings. The molecular formula is C19H22N2O2S. The SMILES string of the molecule is Cc1ccsc1C1CC1C(=O)NC(C)C(=O)NCc1ccccc1. The topological polar surface area (TPSA) is 58.2 Å². The number of hydrogen-bond acceptors (Lipinski definition) is 3. The third kappa shape index (κ3) is 3.85. The van der Waals surface area contributed by atoms with Crippen LogP contribution in [0.25, 0.3) is 0 Å². The summed E-state index contributed by atoms with van der Waals surface area (Å²) in [5, 5.41) is 7.77. The molecule has 0 bridgehead atoms. The summed E-state index contributed by atoms with van der Waals surface area (Å²) in [4.78, 5) is 25.8. The lowest BCUT2D eigenvalue weighted by molar-refractivity contribution is -0.129. The molecule has 4 nitrogen and oxygen atoms in total. The van der Waals surface area contributed by atoms with Crippen LogP contribution >= 0.6 is 11.3 Å². The molecule has 2 N–H and O–H groups in total. The lowest BCUT2D eigenvalue weighted by Crippen LogP contribution is -2.45. The molecule has 1 aromatic carbocycles. The highest BCUT2D eigenvalue weighted by Gasteiger charge is 2.45. The summed E-state index contributed by atoms with van der Waals surface area (Å²) in [6.07, 6.45) is 0.880. The van der Waals surface area contributed by atoms with E-state index in [4.69, 9.17) is 0 Å². The van der Waals surface area contributed by atoms with Gasteiger partial charge in [0.25, 0.3) is 0 Å². The zero-order chi connectivity index (χ0) is 17.1. The molecule has 0 aliphatic heterocycles. The maximum atomic E-state index is 12.3. The Labute approximate surface area is 146 Å². The molecule has 1 saturated carbocycles. The molecule has 1 aromatic heterocycles. The monoisotopic (exact) mass is 342 g/mol. The van der Waals surface area contributed by atoms with Gasteiger partial charge in [-0.2, -0.15) is 0 Å². The summed E-state index contributed by atoms with van der Waals surface area (Å²) >= 11 is 1.71. The Morgan fingerprint density at radius 2 is 2.00 bits per heavy atom. The molecular weight excluding hydrogens is 320 g/mol. The van der Waals surface area contributed by atoms with Crippen LogP contribution in [0.4, 0.5) is 0 Å². The van der Waals surface area contributed by atoms with Gasteiger partial charge in [-0.15, -0.1) is 11.3 Å². The first-order chi connectivity index (χ1) is 11.6. The summed E-state index contributed by atoms with van der Waals surface area (Å²) in [5.41, 5.74) is 2.30. The number of amides is 2. The number of hydrogen-bond donors (Lipinski definition) is 2. The number of rotatable bonds is 6. The normalized spacial score (nSPS) is 20.2. The maximum Gasteiger partial charge on any atom is 0.242 e. The van der Waals surface area contributed by atoms with E-state index in [1.54, 1.807) is 18.3 Å². The van der Waals surface area contributed by atoms with Gasteiger partial charge < -0.3 is 10.6 Å². The van der Waals surface area contributed by atoms with Crippen molar-refractivity contribution in [3.8, 4) is 0 Å². The van der Waals surface area contributed by atoms with Crippen LogP contribution in [0.15, 0.2) is 41.8 Å². The van der Waals surface area contributed by atoms with E-state index in [9.17, 15) is 9.59 Å². The fourth-order valence-electron chi connectivity index (χ4n) is 2.86. The van der Waals surface area contributed by atoms with Crippen LogP contribution in [0.1, 0.15) is 35.3 Å². The molecule has 0 spiro atoms. The third-order valence-electron chi connectivity index (χ3n) is 4.43. The summed E-state index contributed by atoms with van der Waals surface area (Å²) in [7, 11) is 0. The predicted molar refractivity (Wildman–Crippen MR) is 95.8 cm³/mol. The van der Waals surface area contributed by atoms with Crippen molar-refractivity contribution in [2.45, 2.75) is 38.8 Å². The standard InChI is InChI=1S/C19H22N2O2S/c1-12-8-9-24-17(12)15-10-16(15)19(23)21-13(2)18(22)20-11-14-6-4-3-5-7-14/h3-9,13,15-16H,10-11H2,1-2H3,(H,20,22)(H,21,23). The average molecular weight is 342 g/mol. The van der Waals surface area contributed by atoms with E-state index < -0.39 is 6.04 Å². The zero-order valence-corrected chi connectivity index (χ0v) is 14.7. The van der Waals surface area contributed by atoms with E-state index in [1.807, 2.05) is 30.3 Å².